The lowest BCUT2D eigenvalue weighted by molar-refractivity contribution is 0.700. The molecular weight excluding hydrogens is 204 g/mol. The van der Waals surface area contributed by atoms with E-state index in [2.05, 4.69) is 25.7 Å². The van der Waals surface area contributed by atoms with Crippen molar-refractivity contribution in [2.24, 2.45) is 10.8 Å². The molecule has 0 aromatic carbocycles. The number of rotatable bonds is 2. The molecule has 6 heteroatoms. The van der Waals surface area contributed by atoms with Gasteiger partial charge in [-0.2, -0.15) is 0 Å². The summed E-state index contributed by atoms with van der Waals surface area (Å²) in [6.45, 7) is 0. The Morgan fingerprint density at radius 2 is 2.00 bits per heavy atom. The summed E-state index contributed by atoms with van der Waals surface area (Å²) in [6, 6.07) is 0.378. The summed E-state index contributed by atoms with van der Waals surface area (Å²) in [4.78, 5) is 12.3. The summed E-state index contributed by atoms with van der Waals surface area (Å²) in [6.07, 6.45) is 9.61. The average Bonchev–Trinajstić information content (AvgIpc) is 2.82. The predicted octanol–water partition coefficient (Wildman–Crippen LogP) is 0.650. The minimum atomic E-state index is 0.378. The first kappa shape index (κ1) is 10.8. The minimum absolute atomic E-state index is 0.378. The van der Waals surface area contributed by atoms with Gasteiger partial charge in [0.2, 0.25) is 5.96 Å². The maximum Gasteiger partial charge on any atom is 0.210 e. The van der Waals surface area contributed by atoms with Gasteiger partial charge in [0.1, 0.15) is 6.33 Å². The molecule has 0 aliphatic heterocycles. The fourth-order valence-corrected chi connectivity index (χ4v) is 1.82. The highest BCUT2D eigenvalue weighted by atomic mass is 15.3. The Morgan fingerprint density at radius 1 is 1.31 bits per heavy atom. The van der Waals surface area contributed by atoms with Gasteiger partial charge in [0.25, 0.3) is 0 Å². The number of anilines is 1. The third kappa shape index (κ3) is 2.90. The highest BCUT2D eigenvalue weighted by Crippen LogP contribution is 2.20. The fraction of sp³-hybridized carbons (Fsp3) is 0.500. The largest absolute Gasteiger partial charge is 0.323 e. The van der Waals surface area contributed by atoms with Gasteiger partial charge in [0.15, 0.2) is 0 Å². The van der Waals surface area contributed by atoms with Crippen LogP contribution in [-0.2, 0) is 0 Å². The Bertz CT molecular complexity index is 344. The number of guanidine groups is 1. The summed E-state index contributed by atoms with van der Waals surface area (Å²) >= 11 is 0. The Morgan fingerprint density at radius 3 is 2.62 bits per heavy atom. The van der Waals surface area contributed by atoms with E-state index in [9.17, 15) is 0 Å². The lowest BCUT2D eigenvalue weighted by Gasteiger charge is -2.10. The summed E-state index contributed by atoms with van der Waals surface area (Å²) in [7, 11) is 0. The van der Waals surface area contributed by atoms with Crippen LogP contribution in [0.2, 0.25) is 0 Å². The Kier molecular flexibility index (Phi) is 3.66. The number of nitrogens with zero attached hydrogens (tertiary/aromatic N) is 3. The molecule has 1 fully saturated rings. The van der Waals surface area contributed by atoms with Crippen LogP contribution in [0.15, 0.2) is 23.7 Å². The normalized spacial score (nSPS) is 17.4. The summed E-state index contributed by atoms with van der Waals surface area (Å²) in [5.74, 6) is 5.99. The molecule has 0 spiro atoms. The van der Waals surface area contributed by atoms with Crippen molar-refractivity contribution in [3.63, 3.8) is 0 Å². The van der Waals surface area contributed by atoms with Crippen molar-refractivity contribution in [1.82, 2.24) is 15.4 Å². The first-order chi connectivity index (χ1) is 7.88. The standard InChI is InChI=1S/C10H16N6/c11-16-10(14-8-3-1-2-4-8)15-9-5-12-7-13-6-9/h5-8H,1-4,11H2,(H2,14,15,16). The van der Waals surface area contributed by atoms with E-state index < -0.39 is 0 Å². The van der Waals surface area contributed by atoms with Crippen LogP contribution in [0.3, 0.4) is 0 Å². The molecule has 1 heterocycles. The first-order valence-corrected chi connectivity index (χ1v) is 5.45. The highest BCUT2D eigenvalue weighted by molar-refractivity contribution is 5.92. The second kappa shape index (κ2) is 5.41. The van der Waals surface area contributed by atoms with Crippen molar-refractivity contribution in [1.29, 1.82) is 0 Å². The molecule has 0 radical (unpaired) electrons. The quantitative estimate of drug-likeness (QED) is 0.295. The molecule has 1 aliphatic carbocycles. The molecule has 86 valence electrons. The van der Waals surface area contributed by atoms with Gasteiger partial charge in [-0.25, -0.2) is 20.8 Å². The number of nitrogens with two attached hydrogens (primary N) is 1. The number of hydrogen-bond acceptors (Lipinski definition) is 4. The van der Waals surface area contributed by atoms with E-state index in [4.69, 9.17) is 5.84 Å². The van der Waals surface area contributed by atoms with Crippen LogP contribution in [0.5, 0.6) is 0 Å². The van der Waals surface area contributed by atoms with Gasteiger partial charge in [-0.05, 0) is 12.8 Å². The molecule has 0 bridgehead atoms. The molecule has 0 amide bonds. The average molecular weight is 220 g/mol. The summed E-state index contributed by atoms with van der Waals surface area (Å²) in [5.41, 5.74) is 3.34. The topological polar surface area (TPSA) is 88.2 Å². The van der Waals surface area contributed by atoms with Gasteiger partial charge >= 0.3 is 0 Å². The molecular formula is C10H16N6. The van der Waals surface area contributed by atoms with Crippen molar-refractivity contribution >= 4 is 11.6 Å². The van der Waals surface area contributed by atoms with Crippen molar-refractivity contribution in [3.05, 3.63) is 18.7 Å². The van der Waals surface area contributed by atoms with Crippen LogP contribution >= 0.6 is 0 Å². The van der Waals surface area contributed by atoms with Crippen molar-refractivity contribution in [2.75, 3.05) is 5.32 Å². The van der Waals surface area contributed by atoms with E-state index in [1.807, 2.05) is 0 Å². The van der Waals surface area contributed by atoms with Gasteiger partial charge < -0.3 is 5.32 Å². The maximum atomic E-state index is 5.41. The Hall–Kier alpha value is -1.69. The lowest BCUT2D eigenvalue weighted by Crippen LogP contribution is -2.37. The van der Waals surface area contributed by atoms with Gasteiger partial charge in [0.05, 0.1) is 24.1 Å². The van der Waals surface area contributed by atoms with Crippen molar-refractivity contribution < 1.29 is 0 Å². The van der Waals surface area contributed by atoms with E-state index in [1.165, 1.54) is 19.2 Å². The molecule has 1 aromatic heterocycles. The van der Waals surface area contributed by atoms with Crippen LogP contribution in [0.1, 0.15) is 25.7 Å². The summed E-state index contributed by atoms with van der Waals surface area (Å²) in [5, 5.41) is 3.04. The molecule has 16 heavy (non-hydrogen) atoms. The van der Waals surface area contributed by atoms with Crippen molar-refractivity contribution in [2.45, 2.75) is 31.7 Å². The van der Waals surface area contributed by atoms with Crippen LogP contribution < -0.4 is 16.6 Å². The summed E-state index contributed by atoms with van der Waals surface area (Å²) < 4.78 is 0. The molecule has 1 aromatic rings. The van der Waals surface area contributed by atoms with E-state index in [-0.39, 0.29) is 0 Å². The van der Waals surface area contributed by atoms with Gasteiger partial charge in [-0.3, -0.25) is 5.43 Å². The van der Waals surface area contributed by atoms with Crippen LogP contribution in [0.25, 0.3) is 0 Å². The smallest absolute Gasteiger partial charge is 0.210 e. The number of aliphatic imine (C=N–C) groups is 1. The molecule has 0 unspecified atom stereocenters. The van der Waals surface area contributed by atoms with Crippen molar-refractivity contribution in [3.8, 4) is 0 Å². The molecule has 0 atom stereocenters. The minimum Gasteiger partial charge on any atom is -0.323 e. The first-order valence-electron chi connectivity index (χ1n) is 5.45. The van der Waals surface area contributed by atoms with E-state index in [0.29, 0.717) is 12.0 Å². The SMILES string of the molecule is NNC(=NC1CCCC1)Nc1cncnc1. The molecule has 1 aliphatic rings. The highest BCUT2D eigenvalue weighted by Gasteiger charge is 2.14. The number of nitrogens with one attached hydrogen (secondary N) is 2. The Labute approximate surface area is 94.4 Å². The van der Waals surface area contributed by atoms with Gasteiger partial charge in [-0.1, -0.05) is 12.8 Å². The van der Waals surface area contributed by atoms with Gasteiger partial charge in [0, 0.05) is 0 Å². The molecule has 6 nitrogen and oxygen atoms in total. The number of hydrazine groups is 1. The van der Waals surface area contributed by atoms with Crippen LogP contribution in [-0.4, -0.2) is 22.0 Å². The fourth-order valence-electron chi connectivity index (χ4n) is 1.82. The Balaban J connectivity index is 1.99. The van der Waals surface area contributed by atoms with Crippen LogP contribution in [0, 0.1) is 0 Å². The lowest BCUT2D eigenvalue weighted by atomic mass is 10.3. The second-order valence-electron chi connectivity index (χ2n) is 3.81. The van der Waals surface area contributed by atoms with E-state index in [1.54, 1.807) is 12.4 Å². The zero-order valence-electron chi connectivity index (χ0n) is 9.06. The van der Waals surface area contributed by atoms with Gasteiger partial charge in [-0.15, -0.1) is 0 Å². The van der Waals surface area contributed by atoms with E-state index >= 15 is 0 Å². The maximum absolute atomic E-state index is 5.41. The number of aromatic nitrogens is 2. The molecule has 4 N–H and O–H groups in total. The zero-order chi connectivity index (χ0) is 11.2. The number of hydrogen-bond donors (Lipinski definition) is 3. The van der Waals surface area contributed by atoms with E-state index in [0.717, 1.165) is 18.5 Å². The zero-order valence-corrected chi connectivity index (χ0v) is 9.06. The second-order valence-corrected chi connectivity index (χ2v) is 3.81. The monoisotopic (exact) mass is 220 g/mol. The molecule has 1 saturated carbocycles. The predicted molar refractivity (Wildman–Crippen MR) is 62.7 cm³/mol. The molecule has 2 rings (SSSR count). The molecule has 0 saturated heterocycles. The third-order valence-electron chi connectivity index (χ3n) is 2.60. The third-order valence-corrected chi connectivity index (χ3v) is 2.60. The van der Waals surface area contributed by atoms with Crippen LogP contribution in [0.4, 0.5) is 5.69 Å².